The first-order chi connectivity index (χ1) is 12.3. The molecule has 26 heavy (non-hydrogen) atoms. The minimum absolute atomic E-state index is 0.0244. The first-order valence-corrected chi connectivity index (χ1v) is 8.27. The Hall–Kier alpha value is -2.33. The predicted molar refractivity (Wildman–Crippen MR) is 94.5 cm³/mol. The van der Waals surface area contributed by atoms with E-state index in [2.05, 4.69) is 15.0 Å². The number of fused-ring (bicyclic) bond motifs is 2. The molecular formula is C16H17ClN4O5. The Kier molecular flexibility index (Phi) is 5.05. The van der Waals surface area contributed by atoms with Crippen molar-refractivity contribution in [2.45, 2.75) is 32.1 Å². The van der Waals surface area contributed by atoms with Crippen molar-refractivity contribution in [2.75, 3.05) is 6.61 Å². The number of rotatable bonds is 5. The van der Waals surface area contributed by atoms with Gasteiger partial charge in [0.05, 0.1) is 29.8 Å². The molecule has 3 rings (SSSR count). The standard InChI is InChI=1S/C16H17ClN4O5/c1-7-4-9-10(5-8(7)17)21(6-12(24)11(23)2-3-22)14-13(18-9)15(25)20-16(26)19-14/h4-5,11-12,22-24H,2-3,6H2,1H3,(H,20,25,26). The molecule has 138 valence electrons. The molecule has 10 heteroatoms. The van der Waals surface area contributed by atoms with E-state index in [-0.39, 0.29) is 31.1 Å². The van der Waals surface area contributed by atoms with E-state index in [1.54, 1.807) is 19.1 Å². The van der Waals surface area contributed by atoms with Gasteiger partial charge in [0.2, 0.25) is 0 Å². The molecule has 0 bridgehead atoms. The first kappa shape index (κ1) is 18.5. The van der Waals surface area contributed by atoms with Gasteiger partial charge >= 0.3 is 5.69 Å². The number of aliphatic hydroxyl groups is 3. The summed E-state index contributed by atoms with van der Waals surface area (Å²) in [5.74, 6) is -0.0265. The van der Waals surface area contributed by atoms with Gasteiger partial charge in [-0.05, 0) is 31.0 Å². The maximum atomic E-state index is 12.1. The minimum Gasteiger partial charge on any atom is -0.396 e. The Morgan fingerprint density at radius 2 is 1.96 bits per heavy atom. The number of H-pyrrole nitrogens is 1. The highest BCUT2D eigenvalue weighted by Gasteiger charge is 2.23. The second-order valence-corrected chi connectivity index (χ2v) is 6.41. The fourth-order valence-electron chi connectivity index (χ4n) is 2.74. The number of aliphatic hydroxyl groups excluding tert-OH is 3. The number of aryl methyl sites for hydroxylation is 1. The topological polar surface area (TPSA) is 141 Å². The van der Waals surface area contributed by atoms with E-state index in [0.29, 0.717) is 16.1 Å². The molecule has 0 aliphatic carbocycles. The van der Waals surface area contributed by atoms with Gasteiger partial charge in [-0.25, -0.2) is 9.78 Å². The number of nitrogens with zero attached hydrogens (tertiary/aromatic N) is 3. The second-order valence-electron chi connectivity index (χ2n) is 6.00. The maximum absolute atomic E-state index is 12.1. The van der Waals surface area contributed by atoms with Crippen LogP contribution in [-0.4, -0.2) is 53.7 Å². The molecule has 0 saturated carbocycles. The molecular weight excluding hydrogens is 364 g/mol. The summed E-state index contributed by atoms with van der Waals surface area (Å²) in [4.78, 5) is 33.9. The molecule has 9 nitrogen and oxygen atoms in total. The van der Waals surface area contributed by atoms with E-state index in [9.17, 15) is 19.8 Å². The highest BCUT2D eigenvalue weighted by atomic mass is 35.5. The summed E-state index contributed by atoms with van der Waals surface area (Å²) in [6, 6.07) is 3.27. The number of hydrogen-bond acceptors (Lipinski definition) is 7. The number of aromatic amines is 1. The van der Waals surface area contributed by atoms with Gasteiger partial charge in [-0.3, -0.25) is 9.78 Å². The van der Waals surface area contributed by atoms with Gasteiger partial charge in [-0.15, -0.1) is 0 Å². The minimum atomic E-state index is -1.27. The number of hydrogen-bond donors (Lipinski definition) is 4. The molecule has 4 N–H and O–H groups in total. The Bertz CT molecular complexity index is 1050. The van der Waals surface area contributed by atoms with E-state index < -0.39 is 23.5 Å². The van der Waals surface area contributed by atoms with E-state index >= 15 is 0 Å². The van der Waals surface area contributed by atoms with Crippen LogP contribution in [0.1, 0.15) is 12.0 Å². The zero-order valence-electron chi connectivity index (χ0n) is 13.8. The van der Waals surface area contributed by atoms with Crippen LogP contribution >= 0.6 is 11.6 Å². The molecule has 1 aromatic rings. The smallest absolute Gasteiger partial charge is 0.349 e. The van der Waals surface area contributed by atoms with Gasteiger partial charge in [-0.1, -0.05) is 11.6 Å². The van der Waals surface area contributed by atoms with Gasteiger partial charge in [0.15, 0.2) is 11.5 Å². The van der Waals surface area contributed by atoms with E-state index in [1.165, 1.54) is 4.57 Å². The lowest BCUT2D eigenvalue weighted by atomic mass is 10.1. The summed E-state index contributed by atoms with van der Waals surface area (Å²) in [5.41, 5.74) is -0.00404. The van der Waals surface area contributed by atoms with E-state index in [0.717, 1.165) is 5.56 Å². The fourth-order valence-corrected chi connectivity index (χ4v) is 2.90. The van der Waals surface area contributed by atoms with Gasteiger partial charge < -0.3 is 19.9 Å². The zero-order chi connectivity index (χ0) is 19.0. The molecule has 0 radical (unpaired) electrons. The number of aromatic nitrogens is 4. The highest BCUT2D eigenvalue weighted by molar-refractivity contribution is 6.32. The van der Waals surface area contributed by atoms with Crippen LogP contribution in [0.5, 0.6) is 0 Å². The van der Waals surface area contributed by atoms with Crippen molar-refractivity contribution >= 4 is 22.6 Å². The van der Waals surface area contributed by atoms with Crippen molar-refractivity contribution < 1.29 is 15.3 Å². The Balaban J connectivity index is 2.29. The summed E-state index contributed by atoms with van der Waals surface area (Å²) < 4.78 is 1.42. The summed E-state index contributed by atoms with van der Waals surface area (Å²) in [7, 11) is 0. The van der Waals surface area contributed by atoms with Crippen LogP contribution in [0.25, 0.3) is 22.6 Å². The van der Waals surface area contributed by atoms with Gasteiger partial charge in [-0.2, -0.15) is 4.98 Å². The Morgan fingerprint density at radius 3 is 2.65 bits per heavy atom. The molecule has 0 saturated heterocycles. The van der Waals surface area contributed by atoms with Crippen molar-refractivity contribution in [1.82, 2.24) is 19.5 Å². The van der Waals surface area contributed by atoms with Crippen molar-refractivity contribution in [3.63, 3.8) is 0 Å². The predicted octanol–water partition coefficient (Wildman–Crippen LogP) is -0.349. The summed E-state index contributed by atoms with van der Waals surface area (Å²) in [5, 5.41) is 29.5. The number of benzene rings is 1. The summed E-state index contributed by atoms with van der Waals surface area (Å²) in [6.45, 7) is 1.31. The maximum Gasteiger partial charge on any atom is 0.349 e. The van der Waals surface area contributed by atoms with Crippen LogP contribution in [0.2, 0.25) is 5.02 Å². The van der Waals surface area contributed by atoms with Crippen LogP contribution < -0.4 is 11.2 Å². The normalized spacial score (nSPS) is 14.0. The summed E-state index contributed by atoms with van der Waals surface area (Å²) in [6.07, 6.45) is -2.48. The van der Waals surface area contributed by atoms with Crippen LogP contribution in [-0.2, 0) is 6.54 Å². The number of nitrogens with one attached hydrogen (secondary N) is 1. The monoisotopic (exact) mass is 380 g/mol. The molecule has 1 aromatic carbocycles. The third-order valence-corrected chi connectivity index (χ3v) is 4.54. The van der Waals surface area contributed by atoms with E-state index in [1.807, 2.05) is 0 Å². The van der Waals surface area contributed by atoms with Crippen LogP contribution in [0.3, 0.4) is 0 Å². The fraction of sp³-hybridized carbons (Fsp3) is 0.375. The van der Waals surface area contributed by atoms with E-state index in [4.69, 9.17) is 16.7 Å². The van der Waals surface area contributed by atoms with Gasteiger partial charge in [0, 0.05) is 11.6 Å². The molecule has 0 amide bonds. The molecule has 0 aromatic heterocycles. The molecule has 2 unspecified atom stereocenters. The largest absolute Gasteiger partial charge is 0.396 e. The lowest BCUT2D eigenvalue weighted by Gasteiger charge is -2.22. The average Bonchev–Trinajstić information content (AvgIpc) is 2.57. The average molecular weight is 381 g/mol. The summed E-state index contributed by atoms with van der Waals surface area (Å²) >= 11 is 6.19. The first-order valence-electron chi connectivity index (χ1n) is 7.89. The van der Waals surface area contributed by atoms with Crippen LogP contribution in [0.15, 0.2) is 21.7 Å². The zero-order valence-corrected chi connectivity index (χ0v) is 14.6. The Morgan fingerprint density at radius 1 is 1.23 bits per heavy atom. The molecule has 2 heterocycles. The quantitative estimate of drug-likeness (QED) is 0.443. The van der Waals surface area contributed by atoms with Gasteiger partial charge in [0.1, 0.15) is 0 Å². The van der Waals surface area contributed by atoms with Crippen LogP contribution in [0.4, 0.5) is 0 Å². The third-order valence-electron chi connectivity index (χ3n) is 4.13. The van der Waals surface area contributed by atoms with Crippen molar-refractivity contribution in [1.29, 1.82) is 0 Å². The lowest BCUT2D eigenvalue weighted by Crippen LogP contribution is -2.34. The SMILES string of the molecule is Cc1cc2nc3c(=O)[nH]c(=O)nc-3n(CC(O)C(O)CCO)c2cc1Cl. The molecule has 2 atom stereocenters. The van der Waals surface area contributed by atoms with Crippen LogP contribution in [0, 0.1) is 6.92 Å². The Labute approximate surface area is 151 Å². The van der Waals surface area contributed by atoms with Crippen molar-refractivity contribution in [3.05, 3.63) is 43.6 Å². The lowest BCUT2D eigenvalue weighted by molar-refractivity contribution is -0.00282. The highest BCUT2D eigenvalue weighted by Crippen LogP contribution is 2.26. The number of halogens is 1. The van der Waals surface area contributed by atoms with Crippen molar-refractivity contribution in [3.8, 4) is 11.5 Å². The third kappa shape index (κ3) is 3.34. The molecule has 0 spiro atoms. The van der Waals surface area contributed by atoms with Gasteiger partial charge in [0.25, 0.3) is 5.56 Å². The molecule has 2 aliphatic heterocycles. The molecule has 0 fully saturated rings. The molecule has 2 aliphatic rings. The van der Waals surface area contributed by atoms with Crippen molar-refractivity contribution in [2.24, 2.45) is 0 Å². The second kappa shape index (κ2) is 7.12.